The van der Waals surface area contributed by atoms with Crippen LogP contribution in [-0.4, -0.2) is 44.1 Å². The van der Waals surface area contributed by atoms with Gasteiger partial charge in [-0.1, -0.05) is 25.4 Å². The Morgan fingerprint density at radius 2 is 1.95 bits per heavy atom. The van der Waals surface area contributed by atoms with Crippen LogP contribution in [0.25, 0.3) is 0 Å². The summed E-state index contributed by atoms with van der Waals surface area (Å²) in [5.41, 5.74) is 5.83. The number of sulfone groups is 1. The monoisotopic (exact) mass is 344 g/mol. The lowest BCUT2D eigenvalue weighted by Gasteiger charge is -2.42. The van der Waals surface area contributed by atoms with Crippen molar-refractivity contribution in [1.82, 2.24) is 4.90 Å². The van der Waals surface area contributed by atoms with Crippen molar-refractivity contribution in [3.63, 3.8) is 0 Å². The van der Waals surface area contributed by atoms with Gasteiger partial charge in [-0.2, -0.15) is 0 Å². The van der Waals surface area contributed by atoms with E-state index in [1.807, 2.05) is 13.8 Å². The summed E-state index contributed by atoms with van der Waals surface area (Å²) in [6, 6.07) is 5.86. The first-order valence-corrected chi connectivity index (χ1v) is 9.16. The fraction of sp³-hybridized carbons (Fsp3) is 0.533. The van der Waals surface area contributed by atoms with Gasteiger partial charge < -0.3 is 10.6 Å². The van der Waals surface area contributed by atoms with Gasteiger partial charge in [0.1, 0.15) is 5.75 Å². The Kier molecular flexibility index (Phi) is 4.84. The molecule has 22 heavy (non-hydrogen) atoms. The number of hydrogen-bond donors (Lipinski definition) is 1. The van der Waals surface area contributed by atoms with Gasteiger partial charge in [-0.15, -0.1) is 0 Å². The Morgan fingerprint density at radius 3 is 2.50 bits per heavy atom. The first kappa shape index (κ1) is 17.2. The molecule has 1 aromatic carbocycles. The van der Waals surface area contributed by atoms with Crippen molar-refractivity contribution in [3.05, 3.63) is 29.3 Å². The lowest BCUT2D eigenvalue weighted by Crippen LogP contribution is -2.54. The average Bonchev–Trinajstić information content (AvgIpc) is 2.41. The van der Waals surface area contributed by atoms with E-state index in [1.165, 1.54) is 24.3 Å². The molecule has 1 amide bonds. The number of carbonyl (C=O) groups excluding carboxylic acids is 1. The van der Waals surface area contributed by atoms with Gasteiger partial charge in [-0.05, 0) is 36.1 Å². The van der Waals surface area contributed by atoms with E-state index in [-0.39, 0.29) is 22.3 Å². The normalized spacial score (nSPS) is 21.6. The minimum atomic E-state index is -3.66. The van der Waals surface area contributed by atoms with E-state index >= 15 is 0 Å². The highest BCUT2D eigenvalue weighted by Crippen LogP contribution is 2.28. The number of nitrogens with two attached hydrogens (primary N) is 1. The molecule has 0 spiro atoms. The summed E-state index contributed by atoms with van der Waals surface area (Å²) in [6.45, 7) is 4.96. The molecule has 0 radical (unpaired) electrons. The van der Waals surface area contributed by atoms with Crippen LogP contribution in [0.2, 0.25) is 5.02 Å². The van der Waals surface area contributed by atoms with Gasteiger partial charge in [0, 0.05) is 24.2 Å². The van der Waals surface area contributed by atoms with Crippen LogP contribution >= 0.6 is 11.6 Å². The number of likely N-dealkylation sites (tertiary alicyclic amines) is 1. The van der Waals surface area contributed by atoms with E-state index in [9.17, 15) is 13.2 Å². The molecule has 2 N–H and O–H groups in total. The molecule has 1 aliphatic rings. The van der Waals surface area contributed by atoms with Crippen LogP contribution in [-0.2, 0) is 14.6 Å². The van der Waals surface area contributed by atoms with Crippen molar-refractivity contribution in [2.24, 2.45) is 11.1 Å². The molecule has 2 rings (SSSR count). The number of benzene rings is 1. The molecule has 1 heterocycles. The first-order chi connectivity index (χ1) is 10.1. The third-order valence-corrected chi connectivity index (χ3v) is 6.02. The van der Waals surface area contributed by atoms with Crippen LogP contribution < -0.4 is 5.73 Å². The highest BCUT2D eigenvalue weighted by Gasteiger charge is 2.36. The molecule has 1 saturated heterocycles. The quantitative estimate of drug-likeness (QED) is 0.905. The second kappa shape index (κ2) is 6.18. The van der Waals surface area contributed by atoms with Gasteiger partial charge in [0.05, 0.1) is 4.90 Å². The third kappa shape index (κ3) is 3.80. The van der Waals surface area contributed by atoms with E-state index in [1.54, 1.807) is 4.90 Å². The lowest BCUT2D eigenvalue weighted by molar-refractivity contribution is -0.131. The Morgan fingerprint density at radius 1 is 1.36 bits per heavy atom. The zero-order chi connectivity index (χ0) is 16.5. The third-order valence-electron chi connectivity index (χ3n) is 4.15. The van der Waals surface area contributed by atoms with Crippen molar-refractivity contribution in [3.8, 4) is 0 Å². The van der Waals surface area contributed by atoms with Gasteiger partial charge in [-0.3, -0.25) is 4.79 Å². The van der Waals surface area contributed by atoms with Crippen molar-refractivity contribution < 1.29 is 13.2 Å². The fourth-order valence-corrected chi connectivity index (χ4v) is 3.92. The minimum absolute atomic E-state index is 0.0180. The second-order valence-corrected chi connectivity index (χ2v) is 8.84. The number of halogens is 1. The summed E-state index contributed by atoms with van der Waals surface area (Å²) in [7, 11) is -3.66. The topological polar surface area (TPSA) is 80.5 Å². The van der Waals surface area contributed by atoms with Crippen LogP contribution in [0.4, 0.5) is 0 Å². The molecule has 7 heteroatoms. The average molecular weight is 345 g/mol. The first-order valence-electron chi connectivity index (χ1n) is 7.13. The van der Waals surface area contributed by atoms with Crippen molar-refractivity contribution in [2.75, 3.05) is 18.8 Å². The number of carbonyl (C=O) groups is 1. The van der Waals surface area contributed by atoms with Crippen molar-refractivity contribution >= 4 is 27.3 Å². The largest absolute Gasteiger partial charge is 0.341 e. The van der Waals surface area contributed by atoms with Gasteiger partial charge >= 0.3 is 0 Å². The number of piperidine rings is 1. The Hall–Kier alpha value is -1.11. The number of nitrogens with zero attached hydrogens (tertiary/aromatic N) is 1. The number of rotatable bonds is 3. The van der Waals surface area contributed by atoms with Crippen LogP contribution in [0.5, 0.6) is 0 Å². The molecule has 0 saturated carbocycles. The highest BCUT2D eigenvalue weighted by atomic mass is 35.5. The smallest absolute Gasteiger partial charge is 0.238 e. The van der Waals surface area contributed by atoms with Gasteiger partial charge in [0.2, 0.25) is 5.91 Å². The lowest BCUT2D eigenvalue weighted by atomic mass is 9.80. The summed E-state index contributed by atoms with van der Waals surface area (Å²) in [5, 5.41) is 0.456. The van der Waals surface area contributed by atoms with E-state index in [2.05, 4.69) is 0 Å². The van der Waals surface area contributed by atoms with Crippen LogP contribution in [0.3, 0.4) is 0 Å². The molecular formula is C15H21ClN2O3S. The summed E-state index contributed by atoms with van der Waals surface area (Å²) in [4.78, 5) is 14.0. The molecule has 1 aromatic rings. The summed E-state index contributed by atoms with van der Waals surface area (Å²) < 4.78 is 24.6. The predicted octanol–water partition coefficient (Wildman–Crippen LogP) is 1.70. The van der Waals surface area contributed by atoms with E-state index in [0.717, 1.165) is 0 Å². The van der Waals surface area contributed by atoms with E-state index in [4.69, 9.17) is 17.3 Å². The molecular weight excluding hydrogens is 324 g/mol. The zero-order valence-corrected chi connectivity index (χ0v) is 14.3. The standard InChI is InChI=1S/C15H21ClN2O3S/c1-15(2)10-18(8-7-13(15)17)14(19)9-22(20,21)12-5-3-11(16)4-6-12/h3-6,13H,7-10,17H2,1-2H3. The van der Waals surface area contributed by atoms with E-state index < -0.39 is 15.6 Å². The molecule has 1 aliphatic heterocycles. The summed E-state index contributed by atoms with van der Waals surface area (Å²) in [5.74, 6) is -0.908. The molecule has 5 nitrogen and oxygen atoms in total. The highest BCUT2D eigenvalue weighted by molar-refractivity contribution is 7.92. The van der Waals surface area contributed by atoms with Gasteiger partial charge in [-0.25, -0.2) is 8.42 Å². The predicted molar refractivity (Wildman–Crippen MR) is 86.5 cm³/mol. The molecule has 122 valence electrons. The number of hydrogen-bond acceptors (Lipinski definition) is 4. The summed E-state index contributed by atoms with van der Waals surface area (Å²) in [6.07, 6.45) is 0.680. The Balaban J connectivity index is 2.10. The summed E-state index contributed by atoms with van der Waals surface area (Å²) >= 11 is 5.75. The molecule has 0 bridgehead atoms. The minimum Gasteiger partial charge on any atom is -0.341 e. The Bertz CT molecular complexity index is 656. The molecule has 1 fully saturated rings. The van der Waals surface area contributed by atoms with Crippen LogP contribution in [0.15, 0.2) is 29.2 Å². The second-order valence-electron chi connectivity index (χ2n) is 6.41. The fourth-order valence-electron chi connectivity index (χ4n) is 2.57. The van der Waals surface area contributed by atoms with E-state index in [0.29, 0.717) is 24.5 Å². The molecule has 1 atom stereocenters. The SMILES string of the molecule is CC1(C)CN(C(=O)CS(=O)(=O)c2ccc(Cl)cc2)CCC1N. The molecule has 0 aliphatic carbocycles. The molecule has 1 unspecified atom stereocenters. The van der Waals surface area contributed by atoms with Crippen LogP contribution in [0.1, 0.15) is 20.3 Å². The van der Waals surface area contributed by atoms with Crippen molar-refractivity contribution in [1.29, 1.82) is 0 Å². The maximum Gasteiger partial charge on any atom is 0.238 e. The van der Waals surface area contributed by atoms with Gasteiger partial charge in [0.25, 0.3) is 0 Å². The van der Waals surface area contributed by atoms with Crippen molar-refractivity contribution in [2.45, 2.75) is 31.2 Å². The van der Waals surface area contributed by atoms with Gasteiger partial charge in [0.15, 0.2) is 9.84 Å². The molecule has 0 aromatic heterocycles. The maximum absolute atomic E-state index is 12.3. The Labute approximate surface area is 136 Å². The van der Waals surface area contributed by atoms with Crippen LogP contribution in [0, 0.1) is 5.41 Å². The zero-order valence-electron chi connectivity index (χ0n) is 12.8. The maximum atomic E-state index is 12.3. The number of amides is 1.